The van der Waals surface area contributed by atoms with Gasteiger partial charge in [-0.3, -0.25) is 4.79 Å². The van der Waals surface area contributed by atoms with Crippen molar-refractivity contribution in [2.45, 2.75) is 31.8 Å². The van der Waals surface area contributed by atoms with Gasteiger partial charge in [0.2, 0.25) is 0 Å². The highest BCUT2D eigenvalue weighted by atomic mass is 35.5. The first-order valence-corrected chi connectivity index (χ1v) is 12.6. The minimum atomic E-state index is -4.89. The lowest BCUT2D eigenvalue weighted by atomic mass is 10.1. The number of carbonyl (C=O) groups excluding carboxylic acids is 1. The van der Waals surface area contributed by atoms with E-state index in [1.165, 1.54) is 30.5 Å². The number of hydrogen-bond acceptors (Lipinski definition) is 6. The van der Waals surface area contributed by atoms with E-state index >= 15 is 0 Å². The van der Waals surface area contributed by atoms with Crippen LogP contribution in [0.2, 0.25) is 10.0 Å². The molecule has 13 heteroatoms. The summed E-state index contributed by atoms with van der Waals surface area (Å²) in [6, 6.07) is 7.16. The van der Waals surface area contributed by atoms with Gasteiger partial charge < -0.3 is 10.1 Å². The second kappa shape index (κ2) is 9.63. The Bertz CT molecular complexity index is 1440. The molecule has 7 nitrogen and oxygen atoms in total. The number of aryl methyl sites for hydroxylation is 1. The standard InChI is InChI=1S/C22H19Cl2F3N4O3S/c1-10-8-15(23)18(17(24)11(10)2)34-21-16(12(3)19(30-31-21)22(25,26)27)20(32)29-13-6-5-7-14(9-13)35(4,28)33/h5-9,28H,1-4H3,(H,29,32). The van der Waals surface area contributed by atoms with Crippen molar-refractivity contribution in [1.82, 2.24) is 10.2 Å². The van der Waals surface area contributed by atoms with Gasteiger partial charge in [0.15, 0.2) is 11.4 Å². The Kier molecular flexibility index (Phi) is 7.35. The van der Waals surface area contributed by atoms with Gasteiger partial charge in [-0.25, -0.2) is 8.99 Å². The van der Waals surface area contributed by atoms with Gasteiger partial charge in [-0.15, -0.1) is 10.2 Å². The third-order valence-corrected chi connectivity index (χ3v) is 6.99. The molecule has 1 aromatic heterocycles. The molecule has 0 spiro atoms. The first kappa shape index (κ1) is 26.7. The number of alkyl halides is 3. The molecular weight excluding hydrogens is 528 g/mol. The van der Waals surface area contributed by atoms with E-state index in [1.54, 1.807) is 19.9 Å². The van der Waals surface area contributed by atoms with Gasteiger partial charge in [0.1, 0.15) is 5.56 Å². The maximum atomic E-state index is 13.5. The third kappa shape index (κ3) is 5.68. The van der Waals surface area contributed by atoms with E-state index in [0.29, 0.717) is 5.56 Å². The summed E-state index contributed by atoms with van der Waals surface area (Å²) >= 11 is 12.6. The molecule has 2 aromatic carbocycles. The minimum absolute atomic E-state index is 0.0599. The summed E-state index contributed by atoms with van der Waals surface area (Å²) in [5.74, 6) is -1.64. The van der Waals surface area contributed by atoms with Crippen LogP contribution in [-0.2, 0) is 15.9 Å². The molecule has 0 bridgehead atoms. The zero-order valence-electron chi connectivity index (χ0n) is 18.8. The van der Waals surface area contributed by atoms with Crippen LogP contribution in [-0.4, -0.2) is 26.6 Å². The molecule has 3 rings (SSSR count). The third-order valence-electron chi connectivity index (χ3n) is 5.10. The number of nitrogens with zero attached hydrogens (tertiary/aromatic N) is 2. The maximum absolute atomic E-state index is 13.5. The summed E-state index contributed by atoms with van der Waals surface area (Å²) in [5.41, 5.74) is -0.986. The fraction of sp³-hybridized carbons (Fsp3) is 0.227. The molecule has 0 aliphatic carbocycles. The summed E-state index contributed by atoms with van der Waals surface area (Å²) in [5, 5.41) is 9.32. The van der Waals surface area contributed by atoms with E-state index in [-0.39, 0.29) is 26.4 Å². The van der Waals surface area contributed by atoms with Crippen LogP contribution in [0.5, 0.6) is 11.6 Å². The molecule has 3 aromatic rings. The molecule has 0 aliphatic rings. The van der Waals surface area contributed by atoms with Crippen molar-refractivity contribution in [2.24, 2.45) is 0 Å². The van der Waals surface area contributed by atoms with Crippen LogP contribution < -0.4 is 10.1 Å². The van der Waals surface area contributed by atoms with Crippen molar-refractivity contribution < 1.29 is 26.9 Å². The highest BCUT2D eigenvalue weighted by Gasteiger charge is 2.38. The number of ether oxygens (including phenoxy) is 1. The normalized spacial score (nSPS) is 13.3. The minimum Gasteiger partial charge on any atom is -0.434 e. The van der Waals surface area contributed by atoms with Crippen molar-refractivity contribution in [3.63, 3.8) is 0 Å². The van der Waals surface area contributed by atoms with Gasteiger partial charge in [-0.2, -0.15) is 13.2 Å². The number of amides is 1. The van der Waals surface area contributed by atoms with E-state index in [0.717, 1.165) is 12.5 Å². The van der Waals surface area contributed by atoms with Crippen LogP contribution in [0, 0.1) is 25.6 Å². The predicted octanol–water partition coefficient (Wildman–Crippen LogP) is 6.81. The van der Waals surface area contributed by atoms with Crippen molar-refractivity contribution in [2.75, 3.05) is 11.6 Å². The summed E-state index contributed by atoms with van der Waals surface area (Å²) in [4.78, 5) is 13.3. The van der Waals surface area contributed by atoms with Crippen molar-refractivity contribution in [3.05, 3.63) is 68.3 Å². The van der Waals surface area contributed by atoms with Crippen LogP contribution in [0.1, 0.15) is 32.7 Å². The summed E-state index contributed by atoms with van der Waals surface area (Å²) in [6.45, 7) is 4.52. The number of hydrogen-bond donors (Lipinski definition) is 2. The van der Waals surface area contributed by atoms with Gasteiger partial charge in [0.05, 0.1) is 19.8 Å². The average molecular weight is 547 g/mol. The van der Waals surface area contributed by atoms with Gasteiger partial charge in [0, 0.05) is 16.8 Å². The van der Waals surface area contributed by atoms with Crippen LogP contribution in [0.25, 0.3) is 0 Å². The van der Waals surface area contributed by atoms with Crippen LogP contribution in [0.4, 0.5) is 18.9 Å². The van der Waals surface area contributed by atoms with E-state index in [4.69, 9.17) is 32.7 Å². The number of aromatic nitrogens is 2. The van der Waals surface area contributed by atoms with Crippen molar-refractivity contribution >= 4 is 44.5 Å². The highest BCUT2D eigenvalue weighted by molar-refractivity contribution is 7.91. The molecule has 35 heavy (non-hydrogen) atoms. The number of nitrogens with one attached hydrogen (secondary N) is 2. The Morgan fingerprint density at radius 1 is 1.11 bits per heavy atom. The van der Waals surface area contributed by atoms with E-state index in [1.807, 2.05) is 0 Å². The zero-order valence-corrected chi connectivity index (χ0v) is 21.1. The molecule has 1 amide bonds. The van der Waals surface area contributed by atoms with Crippen molar-refractivity contribution in [3.8, 4) is 11.6 Å². The summed E-state index contributed by atoms with van der Waals surface area (Å²) < 4.78 is 66.0. The Hall–Kier alpha value is -2.89. The number of carbonyl (C=O) groups is 1. The lowest BCUT2D eigenvalue weighted by Crippen LogP contribution is -2.21. The Labute approximate surface area is 209 Å². The lowest BCUT2D eigenvalue weighted by molar-refractivity contribution is -0.142. The quantitative estimate of drug-likeness (QED) is 0.365. The van der Waals surface area contributed by atoms with Gasteiger partial charge in [-0.05, 0) is 61.7 Å². The SMILES string of the molecule is Cc1cc(Cl)c(Oc2nnc(C(F)(F)F)c(C)c2C(=O)Nc2cccc(S(C)(=N)=O)c2)c(Cl)c1C. The molecule has 186 valence electrons. The predicted molar refractivity (Wildman–Crippen MR) is 127 cm³/mol. The van der Waals surface area contributed by atoms with Gasteiger partial charge in [-0.1, -0.05) is 29.3 Å². The molecule has 1 unspecified atom stereocenters. The fourth-order valence-corrected chi connectivity index (χ4v) is 4.44. The first-order valence-electron chi connectivity index (χ1n) is 9.84. The molecular formula is C22H19Cl2F3N4O3S. The van der Waals surface area contributed by atoms with Crippen LogP contribution >= 0.6 is 23.2 Å². The van der Waals surface area contributed by atoms with Crippen molar-refractivity contribution in [1.29, 1.82) is 4.78 Å². The molecule has 1 atom stereocenters. The molecule has 2 N–H and O–H groups in total. The second-order valence-electron chi connectivity index (χ2n) is 7.72. The molecule has 0 fully saturated rings. The number of halogens is 5. The Morgan fingerprint density at radius 3 is 2.37 bits per heavy atom. The number of anilines is 1. The van der Waals surface area contributed by atoms with E-state index < -0.39 is 44.5 Å². The van der Waals surface area contributed by atoms with E-state index in [9.17, 15) is 22.2 Å². The summed E-state index contributed by atoms with van der Waals surface area (Å²) in [6.07, 6.45) is -3.69. The first-order chi connectivity index (χ1) is 16.1. The van der Waals surface area contributed by atoms with Crippen LogP contribution in [0.3, 0.4) is 0 Å². The lowest BCUT2D eigenvalue weighted by Gasteiger charge is -2.18. The largest absolute Gasteiger partial charge is 0.435 e. The van der Waals surface area contributed by atoms with Gasteiger partial charge in [0.25, 0.3) is 11.8 Å². The smallest absolute Gasteiger partial charge is 0.434 e. The Morgan fingerprint density at radius 2 is 1.77 bits per heavy atom. The monoisotopic (exact) mass is 546 g/mol. The topological polar surface area (TPSA) is 105 Å². The Balaban J connectivity index is 2.14. The molecule has 0 radical (unpaired) electrons. The fourth-order valence-electron chi connectivity index (χ4n) is 3.12. The van der Waals surface area contributed by atoms with Gasteiger partial charge >= 0.3 is 6.18 Å². The number of rotatable bonds is 5. The zero-order chi connectivity index (χ0) is 26.3. The molecule has 0 saturated carbocycles. The highest BCUT2D eigenvalue weighted by Crippen LogP contribution is 2.41. The van der Waals surface area contributed by atoms with E-state index in [2.05, 4.69) is 15.5 Å². The molecule has 1 heterocycles. The maximum Gasteiger partial charge on any atom is 0.435 e. The number of benzene rings is 2. The summed E-state index contributed by atoms with van der Waals surface area (Å²) in [7, 11) is -3.10. The average Bonchev–Trinajstić information content (AvgIpc) is 2.74. The molecule has 0 saturated heterocycles. The van der Waals surface area contributed by atoms with Crippen LogP contribution in [0.15, 0.2) is 35.2 Å². The molecule has 0 aliphatic heterocycles. The second-order valence-corrected chi connectivity index (χ2v) is 10.7.